The summed E-state index contributed by atoms with van der Waals surface area (Å²) in [5.41, 5.74) is 0.630. The van der Waals surface area contributed by atoms with Crippen LogP contribution in [0, 0.1) is 0 Å². The summed E-state index contributed by atoms with van der Waals surface area (Å²) in [6, 6.07) is 0.583. The lowest BCUT2D eigenvalue weighted by Gasteiger charge is -2.35. The van der Waals surface area contributed by atoms with E-state index in [0.717, 1.165) is 45.3 Å². The van der Waals surface area contributed by atoms with Gasteiger partial charge in [-0.1, -0.05) is 5.21 Å². The van der Waals surface area contributed by atoms with Gasteiger partial charge in [0.05, 0.1) is 12.2 Å². The van der Waals surface area contributed by atoms with Crippen LogP contribution in [0.15, 0.2) is 6.20 Å². The number of carbonyl (C=O) groups excluding carboxylic acids is 1. The third-order valence-corrected chi connectivity index (χ3v) is 4.34. The minimum Gasteiger partial charge on any atom is -0.317 e. The first-order valence-corrected chi connectivity index (χ1v) is 7.12. The number of ketones is 1. The Morgan fingerprint density at radius 2 is 2.16 bits per heavy atom. The zero-order chi connectivity index (χ0) is 13.2. The predicted octanol–water partition coefficient (Wildman–Crippen LogP) is 0.214. The molecule has 0 spiro atoms. The van der Waals surface area contributed by atoms with Crippen molar-refractivity contribution >= 4 is 5.78 Å². The zero-order valence-electron chi connectivity index (χ0n) is 11.4. The van der Waals surface area contributed by atoms with Crippen LogP contribution in [0.4, 0.5) is 0 Å². The highest BCUT2D eigenvalue weighted by molar-refractivity contribution is 5.98. The summed E-state index contributed by atoms with van der Waals surface area (Å²) in [6.45, 7) is 3.18. The highest BCUT2D eigenvalue weighted by Crippen LogP contribution is 2.26. The summed E-state index contributed by atoms with van der Waals surface area (Å²) in [6.07, 6.45) is 5.96. The van der Waals surface area contributed by atoms with Crippen LogP contribution in [0.25, 0.3) is 0 Å². The predicted molar refractivity (Wildman–Crippen MR) is 71.0 cm³/mol. The molecule has 0 aliphatic carbocycles. The second kappa shape index (κ2) is 5.38. The van der Waals surface area contributed by atoms with Gasteiger partial charge in [-0.2, -0.15) is 0 Å². The Labute approximate surface area is 113 Å². The molecule has 19 heavy (non-hydrogen) atoms. The van der Waals surface area contributed by atoms with Crippen molar-refractivity contribution in [3.05, 3.63) is 11.9 Å². The van der Waals surface area contributed by atoms with Crippen molar-refractivity contribution in [1.82, 2.24) is 25.2 Å². The number of hydrogen-bond donors (Lipinski definition) is 1. The fourth-order valence-corrected chi connectivity index (χ4v) is 3.33. The summed E-state index contributed by atoms with van der Waals surface area (Å²) in [4.78, 5) is 15.0. The number of hydrogen-bond acceptors (Lipinski definition) is 5. The van der Waals surface area contributed by atoms with E-state index in [1.54, 1.807) is 17.9 Å². The van der Waals surface area contributed by atoms with Crippen LogP contribution in [0.1, 0.15) is 36.2 Å². The van der Waals surface area contributed by atoms with Gasteiger partial charge in [-0.25, -0.2) is 4.68 Å². The van der Waals surface area contributed by atoms with Crippen molar-refractivity contribution in [3.8, 4) is 0 Å². The smallest absolute Gasteiger partial charge is 0.199 e. The summed E-state index contributed by atoms with van der Waals surface area (Å²) >= 11 is 0. The second-order valence-electron chi connectivity index (χ2n) is 5.48. The van der Waals surface area contributed by atoms with Crippen LogP contribution < -0.4 is 5.32 Å². The topological polar surface area (TPSA) is 63.1 Å². The minimum absolute atomic E-state index is 0.0281. The molecule has 0 radical (unpaired) electrons. The van der Waals surface area contributed by atoms with Crippen LogP contribution >= 0.6 is 0 Å². The van der Waals surface area contributed by atoms with Crippen molar-refractivity contribution < 1.29 is 4.79 Å². The first kappa shape index (κ1) is 12.7. The molecule has 3 rings (SSSR count). The number of likely N-dealkylation sites (tertiary alicyclic amines) is 1. The number of piperidine rings is 1. The van der Waals surface area contributed by atoms with Crippen LogP contribution in [-0.4, -0.2) is 57.4 Å². The molecule has 6 heteroatoms. The first-order chi connectivity index (χ1) is 9.27. The number of Topliss-reactive ketones (excluding diaryl/α,β-unsaturated/α-hetero) is 1. The van der Waals surface area contributed by atoms with E-state index in [4.69, 9.17) is 0 Å². The van der Waals surface area contributed by atoms with E-state index >= 15 is 0 Å². The lowest BCUT2D eigenvalue weighted by Crippen LogP contribution is -2.48. The van der Waals surface area contributed by atoms with E-state index in [2.05, 4.69) is 20.5 Å². The van der Waals surface area contributed by atoms with E-state index < -0.39 is 0 Å². The van der Waals surface area contributed by atoms with E-state index in [-0.39, 0.29) is 11.8 Å². The van der Waals surface area contributed by atoms with Crippen molar-refractivity contribution in [2.24, 2.45) is 7.05 Å². The first-order valence-electron chi connectivity index (χ1n) is 7.12. The quantitative estimate of drug-likeness (QED) is 0.790. The lowest BCUT2D eigenvalue weighted by atomic mass is 10.0. The summed E-state index contributed by atoms with van der Waals surface area (Å²) in [7, 11) is 1.78. The molecule has 0 bridgehead atoms. The number of aromatic nitrogens is 3. The molecule has 2 saturated heterocycles. The molecule has 1 unspecified atom stereocenters. The van der Waals surface area contributed by atoms with Crippen molar-refractivity contribution in [2.75, 3.05) is 19.6 Å². The van der Waals surface area contributed by atoms with Gasteiger partial charge in [0.15, 0.2) is 5.78 Å². The van der Waals surface area contributed by atoms with Gasteiger partial charge in [0, 0.05) is 13.1 Å². The summed E-state index contributed by atoms with van der Waals surface area (Å²) < 4.78 is 1.58. The average molecular weight is 263 g/mol. The van der Waals surface area contributed by atoms with Crippen LogP contribution in [0.3, 0.4) is 0 Å². The van der Waals surface area contributed by atoms with E-state index in [1.165, 1.54) is 0 Å². The number of rotatable bonds is 3. The molecule has 2 fully saturated rings. The van der Waals surface area contributed by atoms with Gasteiger partial charge in [-0.05, 0) is 45.3 Å². The Morgan fingerprint density at radius 1 is 1.37 bits per heavy atom. The van der Waals surface area contributed by atoms with Gasteiger partial charge in [-0.3, -0.25) is 9.69 Å². The molecule has 0 saturated carbocycles. The third-order valence-electron chi connectivity index (χ3n) is 4.34. The maximum Gasteiger partial charge on any atom is 0.199 e. The largest absolute Gasteiger partial charge is 0.317 e. The zero-order valence-corrected chi connectivity index (χ0v) is 11.4. The van der Waals surface area contributed by atoms with Gasteiger partial charge < -0.3 is 5.32 Å². The van der Waals surface area contributed by atoms with Gasteiger partial charge in [0.2, 0.25) is 0 Å². The van der Waals surface area contributed by atoms with Crippen molar-refractivity contribution in [2.45, 2.75) is 37.8 Å². The monoisotopic (exact) mass is 263 g/mol. The molecule has 1 N–H and O–H groups in total. The highest BCUT2D eigenvalue weighted by atomic mass is 16.1. The maximum absolute atomic E-state index is 12.6. The molecule has 0 aromatic carbocycles. The normalized spacial score (nSPS) is 25.8. The Morgan fingerprint density at radius 3 is 2.84 bits per heavy atom. The number of nitrogens with zero attached hydrogens (tertiary/aromatic N) is 4. The maximum atomic E-state index is 12.6. The molecule has 1 aromatic rings. The van der Waals surface area contributed by atoms with Crippen LogP contribution in [-0.2, 0) is 7.05 Å². The fraction of sp³-hybridized carbons (Fsp3) is 0.769. The molecule has 1 aromatic heterocycles. The van der Waals surface area contributed by atoms with E-state index in [0.29, 0.717) is 11.7 Å². The second-order valence-corrected chi connectivity index (χ2v) is 5.48. The van der Waals surface area contributed by atoms with E-state index in [9.17, 15) is 4.79 Å². The van der Waals surface area contributed by atoms with Crippen LogP contribution in [0.2, 0.25) is 0 Å². The van der Waals surface area contributed by atoms with Crippen molar-refractivity contribution in [1.29, 1.82) is 0 Å². The molecule has 3 heterocycles. The van der Waals surface area contributed by atoms with E-state index in [1.807, 2.05) is 0 Å². The van der Waals surface area contributed by atoms with Gasteiger partial charge in [0.1, 0.15) is 5.69 Å². The minimum atomic E-state index is 0.0281. The molecule has 2 aliphatic rings. The van der Waals surface area contributed by atoms with Crippen LogP contribution in [0.5, 0.6) is 0 Å². The number of aryl methyl sites for hydroxylation is 1. The third kappa shape index (κ3) is 2.42. The Kier molecular flexibility index (Phi) is 3.61. The SMILES string of the molecule is Cn1nncc1C(=O)C1CCCN1C1CCNCC1. The Balaban J connectivity index is 1.75. The summed E-state index contributed by atoms with van der Waals surface area (Å²) in [5.74, 6) is 0.184. The molecule has 0 amide bonds. The Hall–Kier alpha value is -1.27. The van der Waals surface area contributed by atoms with Gasteiger partial charge >= 0.3 is 0 Å². The van der Waals surface area contributed by atoms with Gasteiger partial charge in [0.25, 0.3) is 0 Å². The Bertz CT molecular complexity index is 452. The fourth-order valence-electron chi connectivity index (χ4n) is 3.33. The van der Waals surface area contributed by atoms with Gasteiger partial charge in [-0.15, -0.1) is 5.10 Å². The molecular weight excluding hydrogens is 242 g/mol. The summed E-state index contributed by atoms with van der Waals surface area (Å²) in [5, 5.41) is 11.1. The molecular formula is C13H21N5O. The molecule has 104 valence electrons. The van der Waals surface area contributed by atoms with Crippen molar-refractivity contribution in [3.63, 3.8) is 0 Å². The number of nitrogens with one attached hydrogen (secondary N) is 1. The standard InChI is InChI=1S/C13H21N5O/c1-17-12(9-15-16-17)13(19)11-3-2-8-18(11)10-4-6-14-7-5-10/h9-11,14H,2-8H2,1H3. The average Bonchev–Trinajstić information content (AvgIpc) is 3.07. The number of carbonyl (C=O) groups is 1. The molecule has 6 nitrogen and oxygen atoms in total. The highest BCUT2D eigenvalue weighted by Gasteiger charge is 2.37. The molecule has 2 aliphatic heterocycles. The molecule has 1 atom stereocenters. The lowest BCUT2D eigenvalue weighted by molar-refractivity contribution is 0.0774.